The molecule has 0 atom stereocenters. The molecule has 0 radical (unpaired) electrons. The molecule has 0 heterocycles. The molecule has 0 aliphatic rings. The molecule has 19 heavy (non-hydrogen) atoms. The predicted molar refractivity (Wildman–Crippen MR) is 42.5 cm³/mol. The van der Waals surface area contributed by atoms with E-state index >= 15 is 0 Å². The summed E-state index contributed by atoms with van der Waals surface area (Å²) in [5.41, 5.74) is 0. The van der Waals surface area contributed by atoms with Gasteiger partial charge in [-0.05, 0) is 0 Å². The van der Waals surface area contributed by atoms with Crippen LogP contribution in [-0.2, 0) is 14.3 Å². The summed E-state index contributed by atoms with van der Waals surface area (Å²) in [6.45, 7) is -0.194. The zero-order chi connectivity index (χ0) is 15.9. The van der Waals surface area contributed by atoms with Gasteiger partial charge in [0.05, 0.1) is 7.11 Å². The molecule has 0 aromatic heterocycles. The normalized spacial score (nSPS) is 14.2. The topological polar surface area (TPSA) is 43.4 Å². The lowest BCUT2D eigenvalue weighted by Gasteiger charge is -2.34. The Hall–Kier alpha value is -1.42. The fraction of sp³-hybridized carbons (Fsp3) is 0.750. The fourth-order valence-electron chi connectivity index (χ4n) is 0.872. The second-order valence-electron chi connectivity index (χ2n) is 3.35. The van der Waals surface area contributed by atoms with Crippen LogP contribution < -0.4 is 0 Å². The lowest BCUT2D eigenvalue weighted by molar-refractivity contribution is -0.350. The van der Waals surface area contributed by atoms with E-state index in [2.05, 4.69) is 4.74 Å². The van der Waals surface area contributed by atoms with Crippen LogP contribution in [0.5, 0.6) is 0 Å². The highest BCUT2D eigenvalue weighted by atomic mass is 19.4. The molecular formula is C8H6F8O3. The van der Waals surface area contributed by atoms with Crippen LogP contribution in [0.1, 0.15) is 6.92 Å². The third kappa shape index (κ3) is 2.25. The highest BCUT2D eigenvalue weighted by Gasteiger charge is 2.84. The summed E-state index contributed by atoms with van der Waals surface area (Å²) in [6.07, 6.45) is 0. The Kier molecular flexibility index (Phi) is 4.26. The van der Waals surface area contributed by atoms with E-state index in [1.165, 1.54) is 0 Å². The molecule has 0 unspecified atom stereocenters. The Balaban J connectivity index is 5.90. The molecule has 11 heteroatoms. The van der Waals surface area contributed by atoms with Crippen molar-refractivity contribution in [3.8, 4) is 0 Å². The van der Waals surface area contributed by atoms with Gasteiger partial charge in [0, 0.05) is 6.92 Å². The first-order valence-corrected chi connectivity index (χ1v) is 4.28. The predicted octanol–water partition coefficient (Wildman–Crippen LogP) is 2.29. The van der Waals surface area contributed by atoms with Gasteiger partial charge in [-0.2, -0.15) is 35.1 Å². The first kappa shape index (κ1) is 17.6. The van der Waals surface area contributed by atoms with E-state index < -0.39 is 35.4 Å². The van der Waals surface area contributed by atoms with Gasteiger partial charge in [0.2, 0.25) is 5.78 Å². The van der Waals surface area contributed by atoms with Crippen molar-refractivity contribution in [2.24, 2.45) is 0 Å². The van der Waals surface area contributed by atoms with E-state index in [1.54, 1.807) is 0 Å². The van der Waals surface area contributed by atoms with Gasteiger partial charge in [-0.3, -0.25) is 4.79 Å². The van der Waals surface area contributed by atoms with Crippen molar-refractivity contribution >= 4 is 11.8 Å². The van der Waals surface area contributed by atoms with Crippen molar-refractivity contribution in [1.82, 2.24) is 0 Å². The Bertz CT molecular complexity index is 389. The molecule has 0 saturated heterocycles. The maximum Gasteiger partial charge on any atom is 0.410 e. The Labute approximate surface area is 100 Å². The first-order chi connectivity index (χ1) is 8.17. The number of halogens is 8. The standard InChI is InChI=1S/C8H6F8O3/c1-3(17)5(9,10)7(13,14)8(15,16)6(11,12)4(18)19-2/h1-2H3. The number of methoxy groups -OCH3 is 1. The summed E-state index contributed by atoms with van der Waals surface area (Å²) in [7, 11) is 0.160. The molecule has 0 aliphatic carbocycles. The maximum absolute atomic E-state index is 12.8. The van der Waals surface area contributed by atoms with Crippen LogP contribution in [0, 0.1) is 0 Å². The molecule has 0 aliphatic heterocycles. The third-order valence-corrected chi connectivity index (χ3v) is 2.07. The molecule has 0 spiro atoms. The van der Waals surface area contributed by atoms with Crippen LogP contribution in [0.2, 0.25) is 0 Å². The number of hydrogen-bond donors (Lipinski definition) is 0. The van der Waals surface area contributed by atoms with Crippen LogP contribution >= 0.6 is 0 Å². The summed E-state index contributed by atoms with van der Waals surface area (Å²) in [5, 5.41) is 0. The zero-order valence-electron chi connectivity index (χ0n) is 9.25. The van der Waals surface area contributed by atoms with Crippen molar-refractivity contribution in [2.45, 2.75) is 30.6 Å². The third-order valence-electron chi connectivity index (χ3n) is 2.07. The van der Waals surface area contributed by atoms with E-state index in [0.29, 0.717) is 0 Å². The van der Waals surface area contributed by atoms with Crippen molar-refractivity contribution in [3.63, 3.8) is 0 Å². The quantitative estimate of drug-likeness (QED) is 0.578. The molecule has 3 nitrogen and oxygen atoms in total. The van der Waals surface area contributed by atoms with E-state index in [-0.39, 0.29) is 14.0 Å². The van der Waals surface area contributed by atoms with Crippen LogP contribution in [0.3, 0.4) is 0 Å². The number of Topliss-reactive ketones (excluding diaryl/α,β-unsaturated/α-hetero) is 1. The van der Waals surface area contributed by atoms with Crippen molar-refractivity contribution in [3.05, 3.63) is 0 Å². The average Bonchev–Trinajstić information content (AvgIpc) is 2.26. The zero-order valence-corrected chi connectivity index (χ0v) is 9.25. The van der Waals surface area contributed by atoms with E-state index in [4.69, 9.17) is 0 Å². The SMILES string of the molecule is COC(=O)C(F)(F)C(F)(F)C(F)(F)C(F)(F)C(C)=O. The van der Waals surface area contributed by atoms with Gasteiger partial charge in [-0.15, -0.1) is 0 Å². The number of esters is 1. The van der Waals surface area contributed by atoms with Crippen molar-refractivity contribution < 1.29 is 49.4 Å². The van der Waals surface area contributed by atoms with Gasteiger partial charge in [-0.25, -0.2) is 4.79 Å². The molecule has 0 N–H and O–H groups in total. The summed E-state index contributed by atoms with van der Waals surface area (Å²) in [4.78, 5) is 20.5. The molecule has 0 aromatic rings. The van der Waals surface area contributed by atoms with Crippen molar-refractivity contribution in [1.29, 1.82) is 0 Å². The van der Waals surface area contributed by atoms with Crippen molar-refractivity contribution in [2.75, 3.05) is 7.11 Å². The molecule has 0 bridgehead atoms. The smallest absolute Gasteiger partial charge is 0.410 e. The average molecular weight is 302 g/mol. The summed E-state index contributed by atoms with van der Waals surface area (Å²) >= 11 is 0. The molecule has 0 amide bonds. The number of alkyl halides is 8. The summed E-state index contributed by atoms with van der Waals surface area (Å²) in [5.74, 6) is -31.9. The minimum absolute atomic E-state index is 0.160. The minimum atomic E-state index is -6.83. The molecule has 0 saturated carbocycles. The van der Waals surface area contributed by atoms with Crippen LogP contribution in [0.25, 0.3) is 0 Å². The Morgan fingerprint density at radius 2 is 1.11 bits per heavy atom. The fourth-order valence-corrected chi connectivity index (χ4v) is 0.872. The number of carbonyl (C=O) groups is 2. The highest BCUT2D eigenvalue weighted by Crippen LogP contribution is 2.53. The summed E-state index contributed by atoms with van der Waals surface area (Å²) in [6, 6.07) is 0. The second kappa shape index (κ2) is 4.60. The number of ketones is 1. The molecule has 0 aromatic carbocycles. The van der Waals surface area contributed by atoms with Gasteiger partial charge >= 0.3 is 29.7 Å². The van der Waals surface area contributed by atoms with Crippen LogP contribution in [0.15, 0.2) is 0 Å². The molecular weight excluding hydrogens is 296 g/mol. The largest absolute Gasteiger partial charge is 0.464 e. The van der Waals surface area contributed by atoms with Gasteiger partial charge in [0.15, 0.2) is 0 Å². The lowest BCUT2D eigenvalue weighted by Crippen LogP contribution is -2.66. The summed E-state index contributed by atoms with van der Waals surface area (Å²) < 4.78 is 105. The Morgan fingerprint density at radius 3 is 1.37 bits per heavy atom. The maximum atomic E-state index is 12.8. The highest BCUT2D eigenvalue weighted by molar-refractivity contribution is 5.85. The van der Waals surface area contributed by atoms with Gasteiger partial charge in [0.25, 0.3) is 0 Å². The lowest BCUT2D eigenvalue weighted by atomic mass is 9.96. The monoisotopic (exact) mass is 302 g/mol. The second-order valence-corrected chi connectivity index (χ2v) is 3.35. The molecule has 0 fully saturated rings. The van der Waals surface area contributed by atoms with E-state index in [1.807, 2.05) is 0 Å². The minimum Gasteiger partial charge on any atom is -0.464 e. The molecule has 112 valence electrons. The number of hydrogen-bond acceptors (Lipinski definition) is 3. The Morgan fingerprint density at radius 1 is 0.789 bits per heavy atom. The number of carbonyl (C=O) groups excluding carboxylic acids is 2. The van der Waals surface area contributed by atoms with Gasteiger partial charge in [-0.1, -0.05) is 0 Å². The van der Waals surface area contributed by atoms with E-state index in [9.17, 15) is 44.7 Å². The van der Waals surface area contributed by atoms with Gasteiger partial charge < -0.3 is 4.74 Å². The van der Waals surface area contributed by atoms with Crippen LogP contribution in [0.4, 0.5) is 35.1 Å². The molecule has 0 rings (SSSR count). The van der Waals surface area contributed by atoms with Crippen LogP contribution in [-0.4, -0.2) is 42.6 Å². The van der Waals surface area contributed by atoms with E-state index in [0.717, 1.165) is 0 Å². The first-order valence-electron chi connectivity index (χ1n) is 4.28. The number of ether oxygens (including phenoxy) is 1. The van der Waals surface area contributed by atoms with Gasteiger partial charge in [0.1, 0.15) is 0 Å². The number of rotatable bonds is 5.